The predicted octanol–water partition coefficient (Wildman–Crippen LogP) is 2.72. The maximum Gasteiger partial charge on any atom is 0.295 e. The monoisotopic (exact) mass is 285 g/mol. The molecule has 1 unspecified atom stereocenters. The summed E-state index contributed by atoms with van der Waals surface area (Å²) in [7, 11) is 1.66. The number of rotatable bonds is 3. The van der Waals surface area contributed by atoms with Crippen LogP contribution in [0.1, 0.15) is 6.42 Å². The van der Waals surface area contributed by atoms with Crippen LogP contribution in [-0.2, 0) is 0 Å². The van der Waals surface area contributed by atoms with Crippen molar-refractivity contribution in [3.8, 4) is 0 Å². The van der Waals surface area contributed by atoms with Crippen molar-refractivity contribution in [2.45, 2.75) is 18.4 Å². The van der Waals surface area contributed by atoms with Crippen molar-refractivity contribution >= 4 is 17.1 Å². The molecule has 0 radical (unpaired) electrons. The highest BCUT2D eigenvalue weighted by molar-refractivity contribution is 5.74. The van der Waals surface area contributed by atoms with E-state index in [1.165, 1.54) is 18.2 Å². The molecule has 3 rings (SSSR count). The van der Waals surface area contributed by atoms with Crippen LogP contribution in [0.4, 0.5) is 19.2 Å². The second-order valence-electron chi connectivity index (χ2n) is 5.02. The van der Waals surface area contributed by atoms with Crippen molar-refractivity contribution in [3.63, 3.8) is 0 Å². The summed E-state index contributed by atoms with van der Waals surface area (Å²) in [5, 5.41) is 2.76. The number of aromatic nitrogens is 1. The number of oxazole rings is 1. The molecule has 1 atom stereocenters. The van der Waals surface area contributed by atoms with E-state index in [9.17, 15) is 13.2 Å². The third-order valence-electron chi connectivity index (χ3n) is 3.61. The number of benzene rings is 1. The minimum atomic E-state index is -2.72. The molecule has 0 spiro atoms. The summed E-state index contributed by atoms with van der Waals surface area (Å²) in [6.45, 7) is 0.386. The molecule has 1 saturated heterocycles. The van der Waals surface area contributed by atoms with Gasteiger partial charge in [0.25, 0.3) is 11.9 Å². The normalized spacial score (nSPS) is 22.5. The fraction of sp³-hybridized carbons (Fsp3) is 0.462. The van der Waals surface area contributed by atoms with Crippen LogP contribution < -0.4 is 5.32 Å². The Hall–Kier alpha value is -1.76. The highest BCUT2D eigenvalue weighted by Crippen LogP contribution is 2.33. The second kappa shape index (κ2) is 4.66. The van der Waals surface area contributed by atoms with Gasteiger partial charge < -0.3 is 9.73 Å². The summed E-state index contributed by atoms with van der Waals surface area (Å²) in [4.78, 5) is 5.63. The molecule has 1 aliphatic heterocycles. The van der Waals surface area contributed by atoms with Gasteiger partial charge in [0.1, 0.15) is 11.3 Å². The highest BCUT2D eigenvalue weighted by Gasteiger charge is 2.47. The van der Waals surface area contributed by atoms with Crippen LogP contribution in [0.3, 0.4) is 0 Å². The maximum absolute atomic E-state index is 13.6. The van der Waals surface area contributed by atoms with Gasteiger partial charge in [-0.1, -0.05) is 0 Å². The first-order valence-electron chi connectivity index (χ1n) is 6.34. The van der Waals surface area contributed by atoms with E-state index in [1.807, 2.05) is 0 Å². The van der Waals surface area contributed by atoms with Gasteiger partial charge in [0.2, 0.25) is 0 Å². The Morgan fingerprint density at radius 2 is 2.30 bits per heavy atom. The van der Waals surface area contributed by atoms with E-state index in [0.29, 0.717) is 17.6 Å². The van der Waals surface area contributed by atoms with Crippen LogP contribution in [0.2, 0.25) is 0 Å². The molecule has 0 amide bonds. The molecule has 0 saturated carbocycles. The van der Waals surface area contributed by atoms with Gasteiger partial charge in [0.05, 0.1) is 6.04 Å². The topological polar surface area (TPSA) is 41.3 Å². The van der Waals surface area contributed by atoms with Gasteiger partial charge in [-0.25, -0.2) is 13.2 Å². The Kier molecular flexibility index (Phi) is 3.08. The Morgan fingerprint density at radius 3 is 3.00 bits per heavy atom. The maximum atomic E-state index is 13.6. The Balaban J connectivity index is 1.73. The number of alkyl halides is 2. The van der Waals surface area contributed by atoms with Gasteiger partial charge >= 0.3 is 0 Å². The lowest BCUT2D eigenvalue weighted by Crippen LogP contribution is -2.42. The first kappa shape index (κ1) is 13.2. The van der Waals surface area contributed by atoms with Gasteiger partial charge in [-0.2, -0.15) is 4.98 Å². The summed E-state index contributed by atoms with van der Waals surface area (Å²) in [5.41, 5.74) is 0.777. The second-order valence-corrected chi connectivity index (χ2v) is 5.02. The lowest BCUT2D eigenvalue weighted by molar-refractivity contribution is -0.0240. The molecule has 2 aromatic rings. The fourth-order valence-electron chi connectivity index (χ4n) is 2.44. The minimum Gasteiger partial charge on any atom is -0.424 e. The van der Waals surface area contributed by atoms with Crippen molar-refractivity contribution in [1.29, 1.82) is 0 Å². The molecule has 1 aromatic carbocycles. The summed E-state index contributed by atoms with van der Waals surface area (Å²) in [6, 6.07) is 3.19. The molecule has 1 fully saturated rings. The number of halogens is 3. The number of nitrogens with one attached hydrogen (secondary N) is 1. The number of nitrogens with zero attached hydrogens (tertiary/aromatic N) is 2. The van der Waals surface area contributed by atoms with Gasteiger partial charge in [-0.3, -0.25) is 4.90 Å². The van der Waals surface area contributed by atoms with Gasteiger partial charge in [-0.05, 0) is 19.2 Å². The Labute approximate surface area is 113 Å². The molecular formula is C13H14F3N3O. The number of fused-ring (bicyclic) bond motifs is 1. The van der Waals surface area contributed by atoms with Crippen LogP contribution in [0.25, 0.3) is 11.1 Å². The van der Waals surface area contributed by atoms with E-state index >= 15 is 0 Å². The van der Waals surface area contributed by atoms with E-state index in [1.54, 1.807) is 11.9 Å². The Bertz CT molecular complexity index is 628. The molecule has 108 valence electrons. The van der Waals surface area contributed by atoms with Crippen molar-refractivity contribution < 1.29 is 17.6 Å². The quantitative estimate of drug-likeness (QED) is 0.941. The van der Waals surface area contributed by atoms with E-state index in [0.717, 1.165) is 0 Å². The van der Waals surface area contributed by atoms with Crippen LogP contribution in [0.5, 0.6) is 0 Å². The fourth-order valence-corrected chi connectivity index (χ4v) is 2.44. The summed E-state index contributed by atoms with van der Waals surface area (Å²) in [6.07, 6.45) is -0.144. The zero-order valence-corrected chi connectivity index (χ0v) is 10.9. The van der Waals surface area contributed by atoms with Gasteiger partial charge in [0.15, 0.2) is 5.58 Å². The number of hydrogen-bond donors (Lipinski definition) is 1. The van der Waals surface area contributed by atoms with E-state index in [4.69, 9.17) is 4.42 Å². The largest absolute Gasteiger partial charge is 0.424 e. The number of anilines is 1. The summed E-state index contributed by atoms with van der Waals surface area (Å²) in [5.74, 6) is -3.14. The SMILES string of the molecule is CN1CCC(F)(F)C1CNc1nc2cc(F)ccc2o1. The number of likely N-dealkylation sites (N-methyl/N-ethyl adjacent to an activating group) is 1. The molecule has 7 heteroatoms. The van der Waals surface area contributed by atoms with Crippen molar-refractivity contribution in [3.05, 3.63) is 24.0 Å². The van der Waals surface area contributed by atoms with Crippen molar-refractivity contribution in [2.75, 3.05) is 25.5 Å². The molecule has 1 N–H and O–H groups in total. The summed E-state index contributed by atoms with van der Waals surface area (Å²) < 4.78 is 45.6. The zero-order chi connectivity index (χ0) is 14.3. The van der Waals surface area contributed by atoms with Gasteiger partial charge in [0, 0.05) is 25.6 Å². The van der Waals surface area contributed by atoms with E-state index in [2.05, 4.69) is 10.3 Å². The molecule has 1 aliphatic rings. The molecule has 4 nitrogen and oxygen atoms in total. The standard InChI is InChI=1S/C13H14F3N3O/c1-19-5-4-13(15,16)11(19)7-17-12-18-9-6-8(14)2-3-10(9)20-12/h2-3,6,11H,4-5,7H2,1H3,(H,17,18). The smallest absolute Gasteiger partial charge is 0.295 e. The Morgan fingerprint density at radius 1 is 1.50 bits per heavy atom. The summed E-state index contributed by atoms with van der Waals surface area (Å²) >= 11 is 0. The van der Waals surface area contributed by atoms with E-state index in [-0.39, 0.29) is 19.0 Å². The van der Waals surface area contributed by atoms with Crippen LogP contribution in [-0.4, -0.2) is 42.0 Å². The average Bonchev–Trinajstić information content (AvgIpc) is 2.88. The van der Waals surface area contributed by atoms with Gasteiger partial charge in [-0.15, -0.1) is 0 Å². The molecule has 0 bridgehead atoms. The lowest BCUT2D eigenvalue weighted by atomic mass is 10.1. The molecule has 20 heavy (non-hydrogen) atoms. The first-order chi connectivity index (χ1) is 9.45. The number of hydrogen-bond acceptors (Lipinski definition) is 4. The minimum absolute atomic E-state index is 0.0266. The predicted molar refractivity (Wildman–Crippen MR) is 68.4 cm³/mol. The van der Waals surface area contributed by atoms with Crippen LogP contribution in [0.15, 0.2) is 22.6 Å². The number of likely N-dealkylation sites (tertiary alicyclic amines) is 1. The van der Waals surface area contributed by atoms with Crippen LogP contribution in [0, 0.1) is 5.82 Å². The highest BCUT2D eigenvalue weighted by atomic mass is 19.3. The van der Waals surface area contributed by atoms with Crippen molar-refractivity contribution in [1.82, 2.24) is 9.88 Å². The third kappa shape index (κ3) is 2.33. The average molecular weight is 285 g/mol. The van der Waals surface area contributed by atoms with Crippen LogP contribution >= 0.6 is 0 Å². The molecule has 2 heterocycles. The van der Waals surface area contributed by atoms with E-state index < -0.39 is 17.8 Å². The third-order valence-corrected chi connectivity index (χ3v) is 3.61. The molecule has 0 aliphatic carbocycles. The molecule has 1 aromatic heterocycles. The lowest BCUT2D eigenvalue weighted by Gasteiger charge is -2.24. The molecular weight excluding hydrogens is 271 g/mol. The zero-order valence-electron chi connectivity index (χ0n) is 10.9. The first-order valence-corrected chi connectivity index (χ1v) is 6.34. The van der Waals surface area contributed by atoms with Crippen molar-refractivity contribution in [2.24, 2.45) is 0 Å².